The van der Waals surface area contributed by atoms with E-state index in [1.807, 2.05) is 0 Å². The predicted molar refractivity (Wildman–Crippen MR) is 133 cm³/mol. The molecule has 3 amide bonds. The summed E-state index contributed by atoms with van der Waals surface area (Å²) in [6.07, 6.45) is 9.69. The van der Waals surface area contributed by atoms with Gasteiger partial charge < -0.3 is 10.6 Å². The molecule has 36 heavy (non-hydrogen) atoms. The first kappa shape index (κ1) is 25.0. The third-order valence-corrected chi connectivity index (χ3v) is 6.10. The Hall–Kier alpha value is -4.14. The maximum absolute atomic E-state index is 14.2. The van der Waals surface area contributed by atoms with Crippen molar-refractivity contribution >= 4 is 29.1 Å². The Morgan fingerprint density at radius 1 is 0.972 bits per heavy atom. The minimum atomic E-state index is -1.05. The van der Waals surface area contributed by atoms with E-state index in [1.54, 1.807) is 48.9 Å². The quantitative estimate of drug-likeness (QED) is 0.470. The van der Waals surface area contributed by atoms with Crippen LogP contribution in [-0.2, 0) is 14.4 Å². The van der Waals surface area contributed by atoms with Crippen molar-refractivity contribution in [3.8, 4) is 0 Å². The van der Waals surface area contributed by atoms with Crippen molar-refractivity contribution in [1.82, 2.24) is 15.3 Å². The number of hydrogen-bond donors (Lipinski definition) is 2. The van der Waals surface area contributed by atoms with E-state index in [0.29, 0.717) is 11.3 Å². The molecule has 1 aromatic carbocycles. The van der Waals surface area contributed by atoms with Gasteiger partial charge in [0.05, 0.1) is 11.9 Å². The van der Waals surface area contributed by atoms with Crippen LogP contribution in [0.5, 0.6) is 0 Å². The Balaban J connectivity index is 1.60. The zero-order valence-corrected chi connectivity index (χ0v) is 19.8. The molecular weight excluding hydrogens is 461 g/mol. The molecule has 0 bridgehead atoms. The molecule has 0 spiro atoms. The minimum absolute atomic E-state index is 0.0246. The lowest BCUT2D eigenvalue weighted by Crippen LogP contribution is -2.46. The summed E-state index contributed by atoms with van der Waals surface area (Å²) in [7, 11) is 0. The van der Waals surface area contributed by atoms with E-state index in [4.69, 9.17) is 0 Å². The maximum atomic E-state index is 14.2. The summed E-state index contributed by atoms with van der Waals surface area (Å²) in [5.41, 5.74) is 1.29. The highest BCUT2D eigenvalue weighted by atomic mass is 19.1. The van der Waals surface area contributed by atoms with Gasteiger partial charge in [0, 0.05) is 43.2 Å². The summed E-state index contributed by atoms with van der Waals surface area (Å²) in [4.78, 5) is 48.9. The molecule has 1 atom stereocenters. The normalized spacial score (nSPS) is 14.1. The van der Waals surface area contributed by atoms with E-state index in [-0.39, 0.29) is 36.4 Å². The number of nitrogens with zero attached hydrogens (tertiary/aromatic N) is 3. The maximum Gasteiger partial charge on any atom is 0.248 e. The van der Waals surface area contributed by atoms with Gasteiger partial charge in [-0.2, -0.15) is 0 Å². The van der Waals surface area contributed by atoms with Gasteiger partial charge in [0.2, 0.25) is 17.7 Å². The van der Waals surface area contributed by atoms with Crippen molar-refractivity contribution in [3.05, 3.63) is 84.7 Å². The van der Waals surface area contributed by atoms with E-state index in [1.165, 1.54) is 29.3 Å². The molecule has 1 unspecified atom stereocenters. The fraction of sp³-hybridized carbons (Fsp3) is 0.296. The van der Waals surface area contributed by atoms with E-state index < -0.39 is 17.8 Å². The largest absolute Gasteiger partial charge is 0.351 e. The van der Waals surface area contributed by atoms with Gasteiger partial charge in [0.25, 0.3) is 0 Å². The van der Waals surface area contributed by atoms with Gasteiger partial charge in [-0.15, -0.1) is 0 Å². The molecule has 1 saturated carbocycles. The van der Waals surface area contributed by atoms with E-state index in [0.717, 1.165) is 25.7 Å². The molecule has 2 heterocycles. The summed E-state index contributed by atoms with van der Waals surface area (Å²) in [5.74, 6) is -1.74. The molecule has 2 N–H and O–H groups in total. The molecule has 186 valence electrons. The number of aromatic nitrogens is 2. The Morgan fingerprint density at radius 2 is 1.75 bits per heavy atom. The third kappa shape index (κ3) is 6.50. The molecule has 1 fully saturated rings. The molecule has 0 saturated heterocycles. The third-order valence-electron chi connectivity index (χ3n) is 6.10. The van der Waals surface area contributed by atoms with E-state index >= 15 is 0 Å². The molecule has 8 nitrogen and oxygen atoms in total. The van der Waals surface area contributed by atoms with Crippen LogP contribution in [-0.4, -0.2) is 33.7 Å². The molecule has 0 radical (unpaired) electrons. The summed E-state index contributed by atoms with van der Waals surface area (Å²) < 4.78 is 14.2. The van der Waals surface area contributed by atoms with Crippen LogP contribution < -0.4 is 15.5 Å². The summed E-state index contributed by atoms with van der Waals surface area (Å²) in [6.45, 7) is 0. The molecular formula is C27H28FN5O3. The first-order chi connectivity index (χ1) is 17.5. The predicted octanol–water partition coefficient (Wildman–Crippen LogP) is 4.17. The van der Waals surface area contributed by atoms with Crippen LogP contribution in [0.1, 0.15) is 50.1 Å². The number of nitrogens with one attached hydrogen (secondary N) is 2. The van der Waals surface area contributed by atoms with Crippen molar-refractivity contribution < 1.29 is 18.8 Å². The van der Waals surface area contributed by atoms with Gasteiger partial charge in [0.15, 0.2) is 0 Å². The SMILES string of the molecule is O=C(CCC(=O)N(c1cccc(F)c1)C(C(=O)NC1CCCC1)c1ccncc1)Nc1cccnc1. The van der Waals surface area contributed by atoms with Gasteiger partial charge in [0.1, 0.15) is 11.9 Å². The standard InChI is InChI=1S/C27H28FN5O3/c28-20-5-3-9-23(17-20)33(25(35)11-10-24(34)31-22-8-4-14-30-18-22)26(19-12-15-29-16-13-19)27(36)32-21-6-1-2-7-21/h3-5,8-9,12-18,21,26H,1-2,6-7,10-11H2,(H,31,34)(H,32,36). The van der Waals surface area contributed by atoms with Gasteiger partial charge in [-0.05, 0) is 60.9 Å². The zero-order valence-electron chi connectivity index (χ0n) is 19.8. The first-order valence-corrected chi connectivity index (χ1v) is 12.0. The van der Waals surface area contributed by atoms with Gasteiger partial charge in [-0.25, -0.2) is 4.39 Å². The number of halogens is 1. The number of anilines is 2. The Morgan fingerprint density at radius 3 is 2.44 bits per heavy atom. The van der Waals surface area contributed by atoms with E-state index in [9.17, 15) is 18.8 Å². The topological polar surface area (TPSA) is 104 Å². The number of carbonyl (C=O) groups is 3. The van der Waals surface area contributed by atoms with Crippen LogP contribution in [0.15, 0.2) is 73.3 Å². The van der Waals surface area contributed by atoms with Crippen LogP contribution in [0.4, 0.5) is 15.8 Å². The Kier molecular flexibility index (Phi) is 8.33. The fourth-order valence-electron chi connectivity index (χ4n) is 4.38. The highest BCUT2D eigenvalue weighted by molar-refractivity contribution is 6.03. The summed E-state index contributed by atoms with van der Waals surface area (Å²) >= 11 is 0. The van der Waals surface area contributed by atoms with Crippen LogP contribution in [0.25, 0.3) is 0 Å². The number of benzene rings is 1. The van der Waals surface area contributed by atoms with Crippen molar-refractivity contribution in [2.75, 3.05) is 10.2 Å². The number of amides is 3. The van der Waals surface area contributed by atoms with Gasteiger partial charge in [-0.1, -0.05) is 18.9 Å². The van der Waals surface area contributed by atoms with Gasteiger partial charge >= 0.3 is 0 Å². The van der Waals surface area contributed by atoms with Crippen LogP contribution >= 0.6 is 0 Å². The van der Waals surface area contributed by atoms with Crippen LogP contribution in [0.2, 0.25) is 0 Å². The summed E-state index contributed by atoms with van der Waals surface area (Å²) in [5, 5.41) is 5.76. The molecule has 3 aromatic rings. The minimum Gasteiger partial charge on any atom is -0.351 e. The second-order valence-electron chi connectivity index (χ2n) is 8.71. The lowest BCUT2D eigenvalue weighted by Gasteiger charge is -2.32. The van der Waals surface area contributed by atoms with Crippen molar-refractivity contribution in [1.29, 1.82) is 0 Å². The number of carbonyl (C=O) groups excluding carboxylic acids is 3. The Labute approximate surface area is 209 Å². The lowest BCUT2D eigenvalue weighted by atomic mass is 10.0. The summed E-state index contributed by atoms with van der Waals surface area (Å²) in [6, 6.07) is 11.2. The number of rotatable bonds is 9. The second-order valence-corrected chi connectivity index (χ2v) is 8.71. The van der Waals surface area contributed by atoms with Crippen molar-refractivity contribution in [2.24, 2.45) is 0 Å². The second kappa shape index (κ2) is 12.0. The molecule has 9 heteroatoms. The monoisotopic (exact) mass is 489 g/mol. The van der Waals surface area contributed by atoms with Crippen molar-refractivity contribution in [3.63, 3.8) is 0 Å². The van der Waals surface area contributed by atoms with Gasteiger partial charge in [-0.3, -0.25) is 29.3 Å². The molecule has 0 aliphatic heterocycles. The molecule has 1 aliphatic carbocycles. The average Bonchev–Trinajstić information content (AvgIpc) is 3.40. The Bertz CT molecular complexity index is 1190. The number of hydrogen-bond acceptors (Lipinski definition) is 5. The zero-order chi connectivity index (χ0) is 25.3. The highest BCUT2D eigenvalue weighted by Crippen LogP contribution is 2.30. The van der Waals surface area contributed by atoms with Crippen LogP contribution in [0.3, 0.4) is 0 Å². The first-order valence-electron chi connectivity index (χ1n) is 12.0. The number of pyridine rings is 2. The molecule has 2 aromatic heterocycles. The average molecular weight is 490 g/mol. The smallest absolute Gasteiger partial charge is 0.248 e. The fourth-order valence-corrected chi connectivity index (χ4v) is 4.38. The van der Waals surface area contributed by atoms with E-state index in [2.05, 4.69) is 20.6 Å². The highest BCUT2D eigenvalue weighted by Gasteiger charge is 2.34. The van der Waals surface area contributed by atoms with Crippen LogP contribution in [0, 0.1) is 5.82 Å². The molecule has 4 rings (SSSR count). The lowest BCUT2D eigenvalue weighted by molar-refractivity contribution is -0.127. The van der Waals surface area contributed by atoms with Crippen molar-refractivity contribution in [2.45, 2.75) is 50.6 Å². The molecule has 1 aliphatic rings.